The molecule has 0 spiro atoms. The Morgan fingerprint density at radius 1 is 1.47 bits per heavy atom. The van der Waals surface area contributed by atoms with Crippen LogP contribution in [0.25, 0.3) is 0 Å². The summed E-state index contributed by atoms with van der Waals surface area (Å²) < 4.78 is 0. The van der Waals surface area contributed by atoms with E-state index in [1.165, 1.54) is 0 Å². The highest BCUT2D eigenvalue weighted by Gasteiger charge is 2.45. The van der Waals surface area contributed by atoms with E-state index >= 15 is 0 Å². The highest BCUT2D eigenvalue weighted by Crippen LogP contribution is 2.31. The summed E-state index contributed by atoms with van der Waals surface area (Å²) >= 11 is 6.10. The molecule has 2 rings (SSSR count). The van der Waals surface area contributed by atoms with Gasteiger partial charge in [0.25, 0.3) is 0 Å². The van der Waals surface area contributed by atoms with Gasteiger partial charge in [0.15, 0.2) is 0 Å². The zero-order chi connectivity index (χ0) is 14.0. The molecular weight excluding hydrogens is 264 g/mol. The van der Waals surface area contributed by atoms with E-state index in [4.69, 9.17) is 11.6 Å². The molecular formula is C14H19ClN2O2. The van der Waals surface area contributed by atoms with Crippen molar-refractivity contribution in [3.05, 3.63) is 29.3 Å². The molecule has 0 radical (unpaired) electrons. The molecule has 5 heteroatoms. The molecule has 1 atom stereocenters. The van der Waals surface area contributed by atoms with Gasteiger partial charge in [-0.05, 0) is 32.4 Å². The van der Waals surface area contributed by atoms with Gasteiger partial charge in [0.1, 0.15) is 5.54 Å². The predicted octanol–water partition coefficient (Wildman–Crippen LogP) is 2.69. The minimum absolute atomic E-state index is 0.342. The van der Waals surface area contributed by atoms with E-state index in [0.29, 0.717) is 29.7 Å². The van der Waals surface area contributed by atoms with Gasteiger partial charge in [-0.25, -0.2) is 4.79 Å². The van der Waals surface area contributed by atoms with Crippen molar-refractivity contribution < 1.29 is 9.90 Å². The van der Waals surface area contributed by atoms with Gasteiger partial charge in [-0.1, -0.05) is 23.7 Å². The smallest absolute Gasteiger partial charge is 0.330 e. The lowest BCUT2D eigenvalue weighted by atomic mass is 9.98. The highest BCUT2D eigenvalue weighted by atomic mass is 35.5. The topological polar surface area (TPSA) is 52.6 Å². The summed E-state index contributed by atoms with van der Waals surface area (Å²) in [5.74, 6) is -0.824. The van der Waals surface area contributed by atoms with Crippen molar-refractivity contribution in [3.63, 3.8) is 0 Å². The van der Waals surface area contributed by atoms with E-state index in [2.05, 4.69) is 24.1 Å². The van der Waals surface area contributed by atoms with Crippen LogP contribution in [0.2, 0.25) is 5.02 Å². The van der Waals surface area contributed by atoms with Crippen molar-refractivity contribution in [3.8, 4) is 0 Å². The third kappa shape index (κ3) is 2.85. The SMILES string of the molecule is CC(C)N1CCC(Nc2ccccc2Cl)(C(=O)O)C1. The number of benzene rings is 1. The van der Waals surface area contributed by atoms with E-state index < -0.39 is 11.5 Å². The fourth-order valence-corrected chi connectivity index (χ4v) is 2.61. The first-order valence-electron chi connectivity index (χ1n) is 6.45. The molecule has 2 N–H and O–H groups in total. The second-order valence-corrected chi connectivity index (χ2v) is 5.71. The normalized spacial score (nSPS) is 23.8. The van der Waals surface area contributed by atoms with Crippen LogP contribution in [-0.4, -0.2) is 40.6 Å². The fraction of sp³-hybridized carbons (Fsp3) is 0.500. The van der Waals surface area contributed by atoms with Crippen molar-refractivity contribution in [1.29, 1.82) is 0 Å². The average Bonchev–Trinajstić information content (AvgIpc) is 2.78. The molecule has 1 aromatic carbocycles. The van der Waals surface area contributed by atoms with E-state index in [-0.39, 0.29) is 0 Å². The monoisotopic (exact) mass is 282 g/mol. The van der Waals surface area contributed by atoms with Crippen molar-refractivity contribution in [2.75, 3.05) is 18.4 Å². The second kappa shape index (κ2) is 5.39. The van der Waals surface area contributed by atoms with Crippen LogP contribution < -0.4 is 5.32 Å². The van der Waals surface area contributed by atoms with Crippen molar-refractivity contribution in [2.45, 2.75) is 31.8 Å². The first-order chi connectivity index (χ1) is 8.94. The summed E-state index contributed by atoms with van der Waals surface area (Å²) in [4.78, 5) is 13.8. The molecule has 0 amide bonds. The second-order valence-electron chi connectivity index (χ2n) is 5.31. The van der Waals surface area contributed by atoms with E-state index in [9.17, 15) is 9.90 Å². The van der Waals surface area contributed by atoms with Gasteiger partial charge in [-0.3, -0.25) is 4.90 Å². The zero-order valence-corrected chi connectivity index (χ0v) is 11.9. The summed E-state index contributed by atoms with van der Waals surface area (Å²) in [5.41, 5.74) is -0.271. The largest absolute Gasteiger partial charge is 0.479 e. The number of hydrogen-bond acceptors (Lipinski definition) is 3. The first-order valence-corrected chi connectivity index (χ1v) is 6.82. The summed E-state index contributed by atoms with van der Waals surface area (Å²) in [7, 11) is 0. The number of halogens is 1. The Balaban J connectivity index is 2.23. The number of anilines is 1. The summed E-state index contributed by atoms with van der Waals surface area (Å²) in [6, 6.07) is 7.59. The molecule has 1 aliphatic rings. The van der Waals surface area contributed by atoms with Gasteiger partial charge in [-0.2, -0.15) is 0 Å². The number of carboxylic acids is 1. The molecule has 1 fully saturated rings. The Morgan fingerprint density at radius 2 is 2.16 bits per heavy atom. The number of carbonyl (C=O) groups is 1. The minimum Gasteiger partial charge on any atom is -0.479 e. The number of hydrogen-bond donors (Lipinski definition) is 2. The maximum atomic E-state index is 11.7. The Hall–Kier alpha value is -1.26. The molecule has 1 unspecified atom stereocenters. The van der Waals surface area contributed by atoms with Crippen LogP contribution in [0.3, 0.4) is 0 Å². The van der Waals surface area contributed by atoms with E-state index in [0.717, 1.165) is 6.54 Å². The van der Waals surface area contributed by atoms with Gasteiger partial charge in [0.05, 0.1) is 10.7 Å². The van der Waals surface area contributed by atoms with Gasteiger partial charge in [0.2, 0.25) is 0 Å². The first kappa shape index (κ1) is 14.2. The number of carboxylic acid groups (broad SMARTS) is 1. The van der Waals surface area contributed by atoms with E-state index in [1.54, 1.807) is 6.07 Å². The van der Waals surface area contributed by atoms with Crippen molar-refractivity contribution in [1.82, 2.24) is 4.90 Å². The fourth-order valence-electron chi connectivity index (χ4n) is 2.43. The number of para-hydroxylation sites is 1. The summed E-state index contributed by atoms with van der Waals surface area (Å²) in [6.07, 6.45) is 0.575. The van der Waals surface area contributed by atoms with Gasteiger partial charge in [0, 0.05) is 19.1 Å². The van der Waals surface area contributed by atoms with Crippen molar-refractivity contribution in [2.24, 2.45) is 0 Å². The number of nitrogens with one attached hydrogen (secondary N) is 1. The standard InChI is InChI=1S/C14H19ClN2O2/c1-10(2)17-8-7-14(9-17,13(18)19)16-12-6-4-3-5-11(12)15/h3-6,10,16H,7-9H2,1-2H3,(H,18,19). The van der Waals surface area contributed by atoms with E-state index in [1.807, 2.05) is 18.2 Å². The Labute approximate surface area is 118 Å². The molecule has 4 nitrogen and oxygen atoms in total. The zero-order valence-electron chi connectivity index (χ0n) is 11.2. The van der Waals surface area contributed by atoms with Crippen LogP contribution in [0.15, 0.2) is 24.3 Å². The minimum atomic E-state index is -0.949. The third-order valence-corrected chi connectivity index (χ3v) is 4.02. The molecule has 0 aliphatic carbocycles. The predicted molar refractivity (Wildman–Crippen MR) is 76.8 cm³/mol. The maximum absolute atomic E-state index is 11.7. The molecule has 0 saturated carbocycles. The van der Waals surface area contributed by atoms with Crippen LogP contribution in [0.4, 0.5) is 5.69 Å². The van der Waals surface area contributed by atoms with Gasteiger partial charge >= 0.3 is 5.97 Å². The van der Waals surface area contributed by atoms with Crippen LogP contribution in [0.5, 0.6) is 0 Å². The van der Waals surface area contributed by atoms with Crippen LogP contribution >= 0.6 is 11.6 Å². The lowest BCUT2D eigenvalue weighted by Gasteiger charge is -2.29. The molecule has 1 aliphatic heterocycles. The Kier molecular flexibility index (Phi) is 4.02. The number of likely N-dealkylation sites (tertiary alicyclic amines) is 1. The third-order valence-electron chi connectivity index (χ3n) is 3.69. The molecule has 19 heavy (non-hydrogen) atoms. The van der Waals surface area contributed by atoms with Crippen molar-refractivity contribution >= 4 is 23.3 Å². The molecule has 0 bridgehead atoms. The summed E-state index contributed by atoms with van der Waals surface area (Å²) in [5, 5.41) is 13.3. The average molecular weight is 283 g/mol. The number of nitrogens with zero attached hydrogens (tertiary/aromatic N) is 1. The molecule has 1 saturated heterocycles. The van der Waals surface area contributed by atoms with Gasteiger partial charge < -0.3 is 10.4 Å². The van der Waals surface area contributed by atoms with Crippen LogP contribution in [0, 0.1) is 0 Å². The van der Waals surface area contributed by atoms with Crippen LogP contribution in [0.1, 0.15) is 20.3 Å². The van der Waals surface area contributed by atoms with Crippen LogP contribution in [-0.2, 0) is 4.79 Å². The Morgan fingerprint density at radius 3 is 2.68 bits per heavy atom. The maximum Gasteiger partial charge on any atom is 0.330 e. The molecule has 104 valence electrons. The quantitative estimate of drug-likeness (QED) is 0.891. The molecule has 0 aromatic heterocycles. The lowest BCUT2D eigenvalue weighted by Crippen LogP contribution is -2.49. The highest BCUT2D eigenvalue weighted by molar-refractivity contribution is 6.33. The number of rotatable bonds is 4. The molecule has 1 heterocycles. The molecule has 1 aromatic rings. The Bertz CT molecular complexity index is 478. The summed E-state index contributed by atoms with van der Waals surface area (Å²) in [6.45, 7) is 5.42. The number of aliphatic carboxylic acids is 1. The van der Waals surface area contributed by atoms with Gasteiger partial charge in [-0.15, -0.1) is 0 Å². The lowest BCUT2D eigenvalue weighted by molar-refractivity contribution is -0.141.